The highest BCUT2D eigenvalue weighted by atomic mass is 16.3. The Bertz CT molecular complexity index is 1910. The Hall–Kier alpha value is -4.56. The number of phenols is 2. The molecular formula is C41H40O2. The lowest BCUT2D eigenvalue weighted by Gasteiger charge is -2.32. The summed E-state index contributed by atoms with van der Waals surface area (Å²) in [5.41, 5.74) is 7.30. The van der Waals surface area contributed by atoms with Crippen molar-refractivity contribution in [2.24, 2.45) is 0 Å². The van der Waals surface area contributed by atoms with Crippen molar-refractivity contribution in [2.75, 3.05) is 0 Å². The highest BCUT2D eigenvalue weighted by Crippen LogP contribution is 2.44. The van der Waals surface area contributed by atoms with Crippen molar-refractivity contribution in [3.05, 3.63) is 154 Å². The van der Waals surface area contributed by atoms with Crippen LogP contribution in [0.3, 0.4) is 0 Å². The predicted octanol–water partition coefficient (Wildman–Crippen LogP) is 10.5. The molecule has 0 spiro atoms. The minimum Gasteiger partial charge on any atom is -0.508 e. The first-order valence-electron chi connectivity index (χ1n) is 15.1. The lowest BCUT2D eigenvalue weighted by Crippen LogP contribution is -2.23. The van der Waals surface area contributed by atoms with E-state index in [4.69, 9.17) is 0 Å². The molecule has 0 saturated heterocycles. The van der Waals surface area contributed by atoms with Crippen molar-refractivity contribution in [1.29, 1.82) is 0 Å². The van der Waals surface area contributed by atoms with E-state index in [9.17, 15) is 10.2 Å². The summed E-state index contributed by atoms with van der Waals surface area (Å²) >= 11 is 0. The second-order valence-corrected chi connectivity index (χ2v) is 13.1. The Morgan fingerprint density at radius 3 is 1.65 bits per heavy atom. The molecule has 1 unspecified atom stereocenters. The van der Waals surface area contributed by atoms with Gasteiger partial charge >= 0.3 is 0 Å². The lowest BCUT2D eigenvalue weighted by molar-refractivity contribution is 0.461. The maximum Gasteiger partial charge on any atom is 0.122 e. The van der Waals surface area contributed by atoms with E-state index < -0.39 is 0 Å². The summed E-state index contributed by atoms with van der Waals surface area (Å²) < 4.78 is 0. The fraction of sp³-hybridized carbons (Fsp3) is 0.220. The molecule has 0 aliphatic carbocycles. The van der Waals surface area contributed by atoms with E-state index in [0.717, 1.165) is 16.7 Å². The molecule has 2 nitrogen and oxygen atoms in total. The minimum absolute atomic E-state index is 0.0229. The van der Waals surface area contributed by atoms with Crippen LogP contribution >= 0.6 is 0 Å². The molecule has 6 rings (SSSR count). The van der Waals surface area contributed by atoms with Crippen LogP contribution in [0.5, 0.6) is 11.5 Å². The van der Waals surface area contributed by atoms with Crippen molar-refractivity contribution >= 4 is 21.5 Å². The van der Waals surface area contributed by atoms with Crippen molar-refractivity contribution < 1.29 is 10.2 Å². The van der Waals surface area contributed by atoms with Crippen molar-refractivity contribution in [1.82, 2.24) is 0 Å². The number of fused-ring (bicyclic) bond motifs is 2. The number of hydrogen-bond donors (Lipinski definition) is 2. The smallest absolute Gasteiger partial charge is 0.122 e. The summed E-state index contributed by atoms with van der Waals surface area (Å²) in [7, 11) is 0. The van der Waals surface area contributed by atoms with Crippen LogP contribution in [0.15, 0.2) is 115 Å². The maximum atomic E-state index is 11.5. The van der Waals surface area contributed by atoms with Crippen LogP contribution in [0.2, 0.25) is 0 Å². The van der Waals surface area contributed by atoms with Gasteiger partial charge in [-0.15, -0.1) is 0 Å². The van der Waals surface area contributed by atoms with Gasteiger partial charge in [-0.3, -0.25) is 0 Å². The van der Waals surface area contributed by atoms with Crippen LogP contribution < -0.4 is 0 Å². The number of aryl methyl sites for hydroxylation is 1. The molecule has 0 heterocycles. The molecule has 6 aromatic rings. The van der Waals surface area contributed by atoms with E-state index in [-0.39, 0.29) is 22.5 Å². The number of aromatic hydroxyl groups is 2. The van der Waals surface area contributed by atoms with Gasteiger partial charge < -0.3 is 10.2 Å². The third-order valence-corrected chi connectivity index (χ3v) is 9.66. The van der Waals surface area contributed by atoms with Gasteiger partial charge in [0, 0.05) is 22.3 Å². The van der Waals surface area contributed by atoms with Gasteiger partial charge in [0.05, 0.1) is 0 Å². The normalized spacial score (nSPS) is 13.0. The molecule has 0 bridgehead atoms. The molecule has 0 radical (unpaired) electrons. The third-order valence-electron chi connectivity index (χ3n) is 9.66. The Labute approximate surface area is 255 Å². The average Bonchev–Trinajstić information content (AvgIpc) is 3.01. The number of rotatable bonds is 6. The first-order chi connectivity index (χ1) is 20.5. The zero-order valence-corrected chi connectivity index (χ0v) is 25.9. The van der Waals surface area contributed by atoms with Gasteiger partial charge in [0.2, 0.25) is 0 Å². The Morgan fingerprint density at radius 1 is 0.535 bits per heavy atom. The molecule has 2 heteroatoms. The summed E-state index contributed by atoms with van der Waals surface area (Å²) in [6.45, 7) is 13.2. The molecule has 0 fully saturated rings. The Morgan fingerprint density at radius 2 is 1.07 bits per heavy atom. The largest absolute Gasteiger partial charge is 0.508 e. The summed E-state index contributed by atoms with van der Waals surface area (Å²) in [5, 5.41) is 26.2. The van der Waals surface area contributed by atoms with E-state index in [1.54, 1.807) is 12.1 Å². The fourth-order valence-electron chi connectivity index (χ4n) is 6.68. The molecule has 1 atom stereocenters. The molecule has 0 aliphatic rings. The number of phenolic OH excluding ortho intramolecular Hbond substituents is 2. The monoisotopic (exact) mass is 564 g/mol. The Balaban J connectivity index is 1.47. The van der Waals surface area contributed by atoms with Crippen molar-refractivity contribution in [3.8, 4) is 11.5 Å². The standard InChI is InChI=1S/C41H40O2/c1-26-22-33(41(5,6)32-15-11-14-31(24-32)40(3,4)30-18-20-34(42)21-19-30)25-37(39(26)43)27(2)38-35-16-9-7-12-28(35)23-29-13-8-10-17-36(29)38/h7-25,27,42-43H,1-6H3. The molecule has 0 saturated carbocycles. The van der Waals surface area contributed by atoms with E-state index in [0.29, 0.717) is 5.75 Å². The zero-order chi connectivity index (χ0) is 30.5. The van der Waals surface area contributed by atoms with Crippen molar-refractivity contribution in [2.45, 2.75) is 58.3 Å². The van der Waals surface area contributed by atoms with Gasteiger partial charge in [-0.05, 0) is 80.0 Å². The zero-order valence-electron chi connectivity index (χ0n) is 25.9. The summed E-state index contributed by atoms with van der Waals surface area (Å²) in [4.78, 5) is 0. The molecule has 216 valence electrons. The topological polar surface area (TPSA) is 40.5 Å². The molecular weight excluding hydrogens is 524 g/mol. The van der Waals surface area contributed by atoms with Gasteiger partial charge in [0.1, 0.15) is 11.5 Å². The molecule has 0 aromatic heterocycles. The predicted molar refractivity (Wildman–Crippen MR) is 181 cm³/mol. The highest BCUT2D eigenvalue weighted by molar-refractivity contribution is 6.03. The van der Waals surface area contributed by atoms with E-state index in [1.807, 2.05) is 19.1 Å². The molecule has 6 aromatic carbocycles. The van der Waals surface area contributed by atoms with E-state index in [2.05, 4.69) is 126 Å². The van der Waals surface area contributed by atoms with E-state index in [1.165, 1.54) is 43.8 Å². The van der Waals surface area contributed by atoms with Crippen LogP contribution in [0.25, 0.3) is 21.5 Å². The fourth-order valence-corrected chi connectivity index (χ4v) is 6.68. The average molecular weight is 565 g/mol. The second kappa shape index (κ2) is 10.6. The molecule has 0 aliphatic heterocycles. The van der Waals surface area contributed by atoms with Gasteiger partial charge in [0.25, 0.3) is 0 Å². The summed E-state index contributed by atoms with van der Waals surface area (Å²) in [6, 6.07) is 40.1. The van der Waals surface area contributed by atoms with Gasteiger partial charge in [0.15, 0.2) is 0 Å². The van der Waals surface area contributed by atoms with Crippen LogP contribution in [0.4, 0.5) is 0 Å². The number of benzene rings is 6. The van der Waals surface area contributed by atoms with Crippen LogP contribution in [-0.2, 0) is 10.8 Å². The van der Waals surface area contributed by atoms with Crippen molar-refractivity contribution in [3.63, 3.8) is 0 Å². The minimum atomic E-state index is -0.311. The molecule has 0 amide bonds. The van der Waals surface area contributed by atoms with Gasteiger partial charge in [-0.2, -0.15) is 0 Å². The van der Waals surface area contributed by atoms with Gasteiger partial charge in [-0.1, -0.05) is 132 Å². The highest BCUT2D eigenvalue weighted by Gasteiger charge is 2.30. The van der Waals surface area contributed by atoms with E-state index >= 15 is 0 Å². The van der Waals surface area contributed by atoms with Crippen LogP contribution in [0, 0.1) is 6.92 Å². The van der Waals surface area contributed by atoms with Crippen LogP contribution in [0.1, 0.15) is 79.5 Å². The SMILES string of the molecule is Cc1cc(C(C)(C)c2cccc(C(C)(C)c3ccc(O)cc3)c2)cc(C(C)c2c3ccccc3cc3ccccc23)c1O. The van der Waals surface area contributed by atoms with Gasteiger partial charge in [-0.25, -0.2) is 0 Å². The Kier molecular flexibility index (Phi) is 7.05. The first kappa shape index (κ1) is 28.6. The third kappa shape index (κ3) is 4.95. The second-order valence-electron chi connectivity index (χ2n) is 13.1. The number of hydrogen-bond acceptors (Lipinski definition) is 2. The molecule has 2 N–H and O–H groups in total. The quantitative estimate of drug-likeness (QED) is 0.198. The molecule has 43 heavy (non-hydrogen) atoms. The lowest BCUT2D eigenvalue weighted by atomic mass is 9.72. The summed E-state index contributed by atoms with van der Waals surface area (Å²) in [6.07, 6.45) is 0. The van der Waals surface area contributed by atoms with Crippen LogP contribution in [-0.4, -0.2) is 10.2 Å². The summed E-state index contributed by atoms with van der Waals surface area (Å²) in [5.74, 6) is 0.621. The first-order valence-corrected chi connectivity index (χ1v) is 15.1. The maximum absolute atomic E-state index is 11.5.